The van der Waals surface area contributed by atoms with Crippen LogP contribution >= 0.6 is 11.3 Å². The van der Waals surface area contributed by atoms with Crippen molar-refractivity contribution in [3.8, 4) is 22.3 Å². The Morgan fingerprint density at radius 1 is 0.471 bits per heavy atom. The van der Waals surface area contributed by atoms with Gasteiger partial charge < -0.3 is 4.90 Å². The largest absolute Gasteiger partial charge is 0.310 e. The summed E-state index contributed by atoms with van der Waals surface area (Å²) < 4.78 is 47.8. The van der Waals surface area contributed by atoms with Crippen LogP contribution in [0.1, 0.15) is 29.1 Å². The smallest absolute Gasteiger partial charge is 0.0720 e. The van der Waals surface area contributed by atoms with Gasteiger partial charge in [-0.15, -0.1) is 11.3 Å². The van der Waals surface area contributed by atoms with Crippen molar-refractivity contribution in [3.05, 3.63) is 222 Å². The van der Waals surface area contributed by atoms with Crippen molar-refractivity contribution in [1.82, 2.24) is 0 Å². The summed E-state index contributed by atoms with van der Waals surface area (Å²) in [5.74, 6) is 0. The molecule has 1 aliphatic carbocycles. The lowest BCUT2D eigenvalue weighted by molar-refractivity contribution is 0.777. The van der Waals surface area contributed by atoms with Crippen LogP contribution in [0.2, 0.25) is 0 Å². The topological polar surface area (TPSA) is 3.24 Å². The zero-order valence-electron chi connectivity index (χ0n) is 32.5. The van der Waals surface area contributed by atoms with Crippen LogP contribution in [-0.4, -0.2) is 0 Å². The van der Waals surface area contributed by atoms with Crippen molar-refractivity contribution >= 4 is 48.6 Å². The lowest BCUT2D eigenvalue weighted by Crippen LogP contribution is -2.28. The molecule has 0 radical (unpaired) electrons. The zero-order valence-corrected chi connectivity index (χ0v) is 28.3. The highest BCUT2D eigenvalue weighted by atomic mass is 32.1. The number of benzene rings is 8. The summed E-state index contributed by atoms with van der Waals surface area (Å²) in [5.41, 5.74) is 8.67. The van der Waals surface area contributed by atoms with Crippen LogP contribution in [0.4, 0.5) is 17.1 Å². The summed E-state index contributed by atoms with van der Waals surface area (Å²) in [6.45, 7) is 0. The normalized spacial score (nSPS) is 16.1. The molecule has 9 aromatic rings. The van der Waals surface area contributed by atoms with Crippen LogP contribution in [-0.2, 0) is 5.41 Å². The van der Waals surface area contributed by atoms with E-state index < -0.39 is 11.5 Å². The van der Waals surface area contributed by atoms with Crippen LogP contribution in [0.3, 0.4) is 0 Å². The van der Waals surface area contributed by atoms with Crippen LogP contribution < -0.4 is 4.90 Å². The number of hydrogen-bond acceptors (Lipinski definition) is 2. The van der Waals surface area contributed by atoms with Crippen molar-refractivity contribution in [2.75, 3.05) is 4.90 Å². The van der Waals surface area contributed by atoms with Crippen molar-refractivity contribution in [3.63, 3.8) is 0 Å². The van der Waals surface area contributed by atoms with E-state index in [1.54, 1.807) is 11.3 Å². The fourth-order valence-corrected chi connectivity index (χ4v) is 9.30. The minimum Gasteiger partial charge on any atom is -0.310 e. The Labute approximate surface area is 309 Å². The SMILES string of the molecule is [2H]c1c([2H])c([2H])c(C2(c3cccc4sc5ccccc5c34)c3ccccc3-c3cc(N(c4ccccc4)c4ccccc4-c4ccccc4)ccc32)c([2H])c1[2H]. The monoisotopic (exact) mass is 672 g/mol. The maximum atomic E-state index is 9.55. The average molecular weight is 673 g/mol. The molecule has 0 saturated carbocycles. The molecule has 8 aromatic carbocycles. The van der Waals surface area contributed by atoms with Crippen LogP contribution in [0, 0.1) is 0 Å². The lowest BCUT2D eigenvalue weighted by Gasteiger charge is -2.35. The second-order valence-electron chi connectivity index (χ2n) is 12.9. The van der Waals surface area contributed by atoms with E-state index in [1.165, 1.54) is 0 Å². The number of anilines is 3. The number of rotatable bonds is 6. The first kappa shape index (κ1) is 24.8. The highest BCUT2D eigenvalue weighted by Crippen LogP contribution is 2.59. The molecule has 240 valence electrons. The molecular formula is C49H33NS. The molecule has 0 saturated heterocycles. The highest BCUT2D eigenvalue weighted by molar-refractivity contribution is 7.25. The lowest BCUT2D eigenvalue weighted by atomic mass is 9.66. The molecule has 0 aliphatic heterocycles. The fraction of sp³-hybridized carbons (Fsp3) is 0.0204. The van der Waals surface area contributed by atoms with Gasteiger partial charge in [-0.05, 0) is 81.4 Å². The summed E-state index contributed by atoms with van der Waals surface area (Å²) in [4.78, 5) is 2.28. The number of para-hydroxylation sites is 2. The molecule has 51 heavy (non-hydrogen) atoms. The third kappa shape index (κ3) is 4.54. The molecule has 1 unspecified atom stereocenters. The molecular weight excluding hydrogens is 635 g/mol. The summed E-state index contributed by atoms with van der Waals surface area (Å²) in [6, 6.07) is 56.9. The molecule has 1 atom stereocenters. The van der Waals surface area contributed by atoms with E-state index in [4.69, 9.17) is 4.11 Å². The van der Waals surface area contributed by atoms with Gasteiger partial charge in [0.2, 0.25) is 0 Å². The molecule has 1 heterocycles. The molecule has 0 spiro atoms. The number of hydrogen-bond donors (Lipinski definition) is 0. The second kappa shape index (κ2) is 12.0. The van der Waals surface area contributed by atoms with Gasteiger partial charge in [0.25, 0.3) is 0 Å². The Morgan fingerprint density at radius 3 is 1.96 bits per heavy atom. The molecule has 1 aliphatic rings. The van der Waals surface area contributed by atoms with Crippen molar-refractivity contribution in [1.29, 1.82) is 0 Å². The maximum Gasteiger partial charge on any atom is 0.0720 e. The van der Waals surface area contributed by atoms with Gasteiger partial charge in [-0.3, -0.25) is 0 Å². The first-order chi connectivity index (χ1) is 27.4. The van der Waals surface area contributed by atoms with Gasteiger partial charge in [-0.2, -0.15) is 0 Å². The van der Waals surface area contributed by atoms with E-state index in [2.05, 4.69) is 120 Å². The standard InChI is InChI=1S/C49H33NS/c1-4-17-34(18-5-1)38-23-11-14-28-45(38)50(36-21-8-3-9-22-36)37-31-32-43-41(33-37)39-24-10-13-26-42(39)49(43,35-19-6-2-7-20-35)44-27-16-30-47-48(44)40-25-12-15-29-46(40)51-47/h1-33H/i2D,6D,7D,19D,20D. The van der Waals surface area contributed by atoms with E-state index in [0.717, 1.165) is 76.2 Å². The minimum atomic E-state index is -1.25. The molecule has 0 bridgehead atoms. The van der Waals surface area contributed by atoms with Crippen molar-refractivity contribution in [2.24, 2.45) is 0 Å². The molecule has 1 nitrogen and oxygen atoms in total. The van der Waals surface area contributed by atoms with Gasteiger partial charge >= 0.3 is 0 Å². The van der Waals surface area contributed by atoms with E-state index in [0.29, 0.717) is 0 Å². The summed E-state index contributed by atoms with van der Waals surface area (Å²) in [6.07, 6.45) is 0. The second-order valence-corrected chi connectivity index (χ2v) is 13.9. The summed E-state index contributed by atoms with van der Waals surface area (Å²) in [5, 5.41) is 2.10. The Balaban J connectivity index is 1.33. The predicted molar refractivity (Wildman–Crippen MR) is 217 cm³/mol. The van der Waals surface area contributed by atoms with Gasteiger partial charge in [0.1, 0.15) is 0 Å². The average Bonchev–Trinajstić information content (AvgIpc) is 3.77. The Hall–Kier alpha value is -6.22. The van der Waals surface area contributed by atoms with E-state index in [-0.39, 0.29) is 29.7 Å². The molecule has 1 aromatic heterocycles. The minimum absolute atomic E-state index is 0.207. The number of fused-ring (bicyclic) bond motifs is 6. The Bertz CT molecular complexity index is 2970. The third-order valence-electron chi connectivity index (χ3n) is 10.2. The molecule has 2 heteroatoms. The van der Waals surface area contributed by atoms with Crippen molar-refractivity contribution < 1.29 is 6.85 Å². The van der Waals surface area contributed by atoms with Crippen LogP contribution in [0.5, 0.6) is 0 Å². The van der Waals surface area contributed by atoms with E-state index in [1.807, 2.05) is 54.6 Å². The Kier molecular flexibility index (Phi) is 5.84. The van der Waals surface area contributed by atoms with E-state index >= 15 is 0 Å². The van der Waals surface area contributed by atoms with Crippen molar-refractivity contribution in [2.45, 2.75) is 5.41 Å². The summed E-state index contributed by atoms with van der Waals surface area (Å²) in [7, 11) is 0. The van der Waals surface area contributed by atoms with Crippen LogP contribution in [0.25, 0.3) is 42.4 Å². The quantitative estimate of drug-likeness (QED) is 0.170. The number of nitrogens with zero attached hydrogens (tertiary/aromatic N) is 1. The molecule has 0 amide bonds. The fourth-order valence-electron chi connectivity index (χ4n) is 8.16. The van der Waals surface area contributed by atoms with Crippen LogP contribution in [0.15, 0.2) is 200 Å². The zero-order chi connectivity index (χ0) is 38.1. The Morgan fingerprint density at radius 2 is 1.12 bits per heavy atom. The molecule has 0 N–H and O–H groups in total. The summed E-state index contributed by atoms with van der Waals surface area (Å²) >= 11 is 1.70. The van der Waals surface area contributed by atoms with Gasteiger partial charge in [0, 0.05) is 37.1 Å². The first-order valence-corrected chi connectivity index (χ1v) is 17.9. The van der Waals surface area contributed by atoms with Gasteiger partial charge in [-0.1, -0.05) is 158 Å². The predicted octanol–water partition coefficient (Wildman–Crippen LogP) is 13.6. The molecule has 0 fully saturated rings. The third-order valence-corrected chi connectivity index (χ3v) is 11.3. The molecule has 10 rings (SSSR count). The number of thiophene rings is 1. The first-order valence-electron chi connectivity index (χ1n) is 19.6. The van der Waals surface area contributed by atoms with Gasteiger partial charge in [0.05, 0.1) is 18.0 Å². The highest BCUT2D eigenvalue weighted by Gasteiger charge is 2.47. The van der Waals surface area contributed by atoms with Gasteiger partial charge in [-0.25, -0.2) is 0 Å². The maximum absolute atomic E-state index is 9.55. The van der Waals surface area contributed by atoms with Gasteiger partial charge in [0.15, 0.2) is 0 Å². The van der Waals surface area contributed by atoms with E-state index in [9.17, 15) is 2.74 Å².